The minimum absolute atomic E-state index is 0.0845. The lowest BCUT2D eigenvalue weighted by atomic mass is 9.48. The number of rotatable bonds is 5. The summed E-state index contributed by atoms with van der Waals surface area (Å²) in [5.41, 5.74) is -2.46. The molecule has 2 aromatic rings. The van der Waals surface area contributed by atoms with Gasteiger partial charge in [0.15, 0.2) is 0 Å². The molecule has 4 rings (SSSR count). The number of benzene rings is 2. The molecule has 7 nitrogen and oxygen atoms in total. The van der Waals surface area contributed by atoms with Crippen LogP contribution in [0.2, 0.25) is 16.7 Å². The van der Waals surface area contributed by atoms with Crippen molar-refractivity contribution < 1.29 is 28.0 Å². The van der Waals surface area contributed by atoms with Gasteiger partial charge in [0.25, 0.3) is 11.8 Å². The lowest BCUT2D eigenvalue weighted by Crippen LogP contribution is -2.68. The molecule has 0 saturated carbocycles. The maximum Gasteiger partial charge on any atom is 0.348 e. The van der Waals surface area contributed by atoms with Gasteiger partial charge in [-0.2, -0.15) is 8.78 Å². The number of carbonyl (C=O) groups excluding carboxylic acids is 4. The molecule has 3 unspecified atom stereocenters. The van der Waals surface area contributed by atoms with Crippen LogP contribution in [0, 0.1) is 0 Å². The summed E-state index contributed by atoms with van der Waals surface area (Å²) in [6.45, 7) is -0.293. The van der Waals surface area contributed by atoms with E-state index in [0.29, 0.717) is 0 Å². The van der Waals surface area contributed by atoms with E-state index >= 15 is 0 Å². The molecule has 2 aliphatic heterocycles. The Morgan fingerprint density at radius 2 is 1.74 bits per heavy atom. The molecule has 4 amide bonds. The molecule has 38 heavy (non-hydrogen) atoms. The van der Waals surface area contributed by atoms with E-state index in [1.165, 1.54) is 30.3 Å². The molecule has 4 atom stereocenters. The third-order valence-corrected chi connectivity index (χ3v) is 6.96. The van der Waals surface area contributed by atoms with Crippen molar-refractivity contribution >= 4 is 82.6 Å². The number of alkyl halides is 2. The van der Waals surface area contributed by atoms with Gasteiger partial charge in [-0.15, -0.1) is 0 Å². The van der Waals surface area contributed by atoms with Gasteiger partial charge < -0.3 is 14.5 Å². The second-order valence-electron chi connectivity index (χ2n) is 8.94. The van der Waals surface area contributed by atoms with Crippen LogP contribution in [0.5, 0.6) is 0 Å². The van der Waals surface area contributed by atoms with Crippen LogP contribution in [0.15, 0.2) is 42.5 Å². The summed E-state index contributed by atoms with van der Waals surface area (Å²) in [7, 11) is 35.3. The van der Waals surface area contributed by atoms with E-state index in [0.717, 1.165) is 17.0 Å². The van der Waals surface area contributed by atoms with Gasteiger partial charge in [0.2, 0.25) is 27.8 Å². The minimum Gasteiger partial charge on any atom is -0.393 e. The monoisotopic (exact) mass is 521 g/mol. The topological polar surface area (TPSA) is 78.0 Å². The largest absolute Gasteiger partial charge is 0.393 e. The van der Waals surface area contributed by atoms with Gasteiger partial charge in [-0.25, -0.2) is 0 Å². The molecule has 2 aromatic carbocycles. The molecule has 1 saturated heterocycles. The Kier molecular flexibility index (Phi) is 7.14. The number of piperidine rings is 1. The van der Waals surface area contributed by atoms with Crippen LogP contribution in [-0.2, 0) is 26.9 Å². The molecule has 0 aromatic heterocycles. The lowest BCUT2D eigenvalue weighted by molar-refractivity contribution is -0.154. The average molecular weight is 521 g/mol. The fraction of sp³-hybridized carbons (Fsp3) is 0.273. The summed E-state index contributed by atoms with van der Waals surface area (Å²) in [5, 5.41) is 0.197. The van der Waals surface area contributed by atoms with Crippen molar-refractivity contribution in [3.05, 3.63) is 69.7 Å². The van der Waals surface area contributed by atoms with Gasteiger partial charge in [0.05, 0.1) is 21.1 Å². The molecule has 0 bridgehead atoms. The maximum absolute atomic E-state index is 14.8. The second-order valence-corrected chi connectivity index (χ2v) is 9.37. The van der Waals surface area contributed by atoms with E-state index in [1.807, 2.05) is 0 Å². The van der Waals surface area contributed by atoms with Gasteiger partial charge >= 0.3 is 5.92 Å². The minimum atomic E-state index is -4.02. The standard InChI is InChI=1S/C22H12B6ClF2N3O4/c23-14-15(24)21(26,19(37)34(28)18(14)36)32-8-10-7-9(1-6-13(10)17(32)35)16(25)33(27)20(38)22(30,31)11-2-4-12(29)5-3-11/h1-7,14-16H,8H2/t14?,15?,16?,21-/m1/s1. The normalized spacial score (nSPS) is 24.3. The smallest absolute Gasteiger partial charge is 0.348 e. The lowest BCUT2D eigenvalue weighted by Gasteiger charge is -2.51. The summed E-state index contributed by atoms with van der Waals surface area (Å²) >= 11 is 5.72. The highest BCUT2D eigenvalue weighted by Gasteiger charge is 2.55. The molecule has 2 heterocycles. The van der Waals surface area contributed by atoms with Crippen LogP contribution in [0.1, 0.15) is 33.0 Å². The highest BCUT2D eigenvalue weighted by atomic mass is 35.5. The van der Waals surface area contributed by atoms with Crippen LogP contribution in [-0.4, -0.2) is 90.9 Å². The maximum atomic E-state index is 14.8. The van der Waals surface area contributed by atoms with Crippen LogP contribution < -0.4 is 0 Å². The number of hydrogen-bond donors (Lipinski definition) is 0. The van der Waals surface area contributed by atoms with Crippen LogP contribution >= 0.6 is 11.6 Å². The van der Waals surface area contributed by atoms with Gasteiger partial charge in [-0.1, -0.05) is 41.7 Å². The number of carbonyl (C=O) groups is 4. The Bertz CT molecular complexity index is 1350. The molecule has 178 valence electrons. The predicted molar refractivity (Wildman–Crippen MR) is 138 cm³/mol. The number of nitrogens with zero attached hydrogens (tertiary/aromatic N) is 3. The van der Waals surface area contributed by atoms with Crippen LogP contribution in [0.4, 0.5) is 8.78 Å². The van der Waals surface area contributed by atoms with Crippen molar-refractivity contribution in [3.63, 3.8) is 0 Å². The van der Waals surface area contributed by atoms with Gasteiger partial charge in [0.1, 0.15) is 15.7 Å². The Morgan fingerprint density at radius 3 is 2.34 bits per heavy atom. The zero-order valence-electron chi connectivity index (χ0n) is 19.6. The fourth-order valence-electron chi connectivity index (χ4n) is 4.37. The summed E-state index contributed by atoms with van der Waals surface area (Å²) in [6, 6.07) is 8.31. The first-order valence-corrected chi connectivity index (χ1v) is 11.4. The number of fused-ring (bicyclic) bond motifs is 1. The molecule has 1 fully saturated rings. The zero-order chi connectivity index (χ0) is 28.3. The van der Waals surface area contributed by atoms with E-state index in [9.17, 15) is 28.0 Å². The van der Waals surface area contributed by atoms with E-state index in [2.05, 4.69) is 0 Å². The van der Waals surface area contributed by atoms with E-state index in [1.54, 1.807) is 0 Å². The Hall–Kier alpha value is -2.94. The van der Waals surface area contributed by atoms with Crippen molar-refractivity contribution in [2.75, 3.05) is 0 Å². The highest BCUT2D eigenvalue weighted by Crippen LogP contribution is 2.43. The summed E-state index contributed by atoms with van der Waals surface area (Å²) in [6.07, 6.45) is 0. The van der Waals surface area contributed by atoms with Crippen molar-refractivity contribution in [1.82, 2.24) is 14.5 Å². The van der Waals surface area contributed by atoms with Gasteiger partial charge in [0, 0.05) is 28.6 Å². The molecule has 12 radical (unpaired) electrons. The molecular formula is C22H12B6ClF2N3O4. The van der Waals surface area contributed by atoms with Gasteiger partial charge in [-0.3, -0.25) is 19.2 Å². The molecule has 2 aliphatic rings. The number of halogens is 3. The van der Waals surface area contributed by atoms with Crippen LogP contribution in [0.25, 0.3) is 0 Å². The quantitative estimate of drug-likeness (QED) is 0.423. The number of amides is 4. The Labute approximate surface area is 230 Å². The van der Waals surface area contributed by atoms with Crippen molar-refractivity contribution in [1.29, 1.82) is 0 Å². The Morgan fingerprint density at radius 1 is 1.13 bits per heavy atom. The summed E-state index contributed by atoms with van der Waals surface area (Å²) in [5.74, 6) is -13.2. The SMILES string of the molecule is [B]C1C(=O)N([B])C(=O)[C@]([B])(N2Cc3cc(C([B])N([B])C(=O)C(F)(F)c4ccc(Cl)cc4)ccc3C2=O)C1[B]. The second kappa shape index (κ2) is 9.67. The first kappa shape index (κ1) is 28.1. The molecule has 0 aliphatic carbocycles. The summed E-state index contributed by atoms with van der Waals surface area (Å²) < 4.78 is 29.6. The summed E-state index contributed by atoms with van der Waals surface area (Å²) in [4.78, 5) is 51.9. The zero-order valence-corrected chi connectivity index (χ0v) is 20.3. The van der Waals surface area contributed by atoms with Gasteiger partial charge in [-0.05, 0) is 35.1 Å². The third-order valence-electron chi connectivity index (χ3n) is 6.71. The van der Waals surface area contributed by atoms with Crippen LogP contribution in [0.3, 0.4) is 0 Å². The highest BCUT2D eigenvalue weighted by molar-refractivity contribution is 6.47. The predicted octanol–water partition coefficient (Wildman–Crippen LogP) is 0.398. The molecular weight excluding hydrogens is 509 g/mol. The first-order chi connectivity index (χ1) is 17.6. The third kappa shape index (κ3) is 4.19. The van der Waals surface area contributed by atoms with E-state index in [-0.39, 0.29) is 37.9 Å². The molecule has 0 spiro atoms. The molecule has 16 heteroatoms. The van der Waals surface area contributed by atoms with Crippen molar-refractivity contribution in [3.8, 4) is 0 Å². The number of imide groups is 1. The Balaban J connectivity index is 1.60. The fourth-order valence-corrected chi connectivity index (χ4v) is 4.50. The van der Waals surface area contributed by atoms with Crippen molar-refractivity contribution in [2.45, 2.75) is 35.5 Å². The van der Waals surface area contributed by atoms with Crippen molar-refractivity contribution in [2.24, 2.45) is 0 Å². The first-order valence-electron chi connectivity index (χ1n) is 11.0. The number of hydrogen-bond acceptors (Lipinski definition) is 4. The average Bonchev–Trinajstić information content (AvgIpc) is 3.24. The van der Waals surface area contributed by atoms with E-state index < -0.39 is 58.1 Å². The molecule has 0 N–H and O–H groups in total. The van der Waals surface area contributed by atoms with E-state index in [4.69, 9.17) is 58.9 Å².